The molecular formula is C24H22FN3O3. The molecule has 31 heavy (non-hydrogen) atoms. The van der Waals surface area contributed by atoms with Gasteiger partial charge >= 0.3 is 0 Å². The van der Waals surface area contributed by atoms with Gasteiger partial charge in [-0.2, -0.15) is 0 Å². The van der Waals surface area contributed by atoms with Crippen LogP contribution < -0.4 is 5.32 Å². The first-order valence-corrected chi connectivity index (χ1v) is 10.2. The predicted octanol–water partition coefficient (Wildman–Crippen LogP) is 4.35. The average molecular weight is 419 g/mol. The molecule has 1 N–H and O–H groups in total. The first-order valence-electron chi connectivity index (χ1n) is 10.2. The van der Waals surface area contributed by atoms with Gasteiger partial charge in [-0.05, 0) is 54.1 Å². The zero-order valence-electron chi connectivity index (χ0n) is 16.8. The first-order chi connectivity index (χ1) is 15.2. The fourth-order valence-electron chi connectivity index (χ4n) is 4.08. The van der Waals surface area contributed by atoms with E-state index in [1.165, 1.54) is 12.1 Å². The van der Waals surface area contributed by atoms with E-state index in [1.807, 2.05) is 24.3 Å². The number of benzene rings is 1. The van der Waals surface area contributed by atoms with E-state index < -0.39 is 0 Å². The molecule has 0 radical (unpaired) electrons. The van der Waals surface area contributed by atoms with Crippen LogP contribution in [-0.4, -0.2) is 21.9 Å². The topological polar surface area (TPSA) is 63.6 Å². The Kier molecular flexibility index (Phi) is 5.18. The Morgan fingerprint density at radius 3 is 2.71 bits per heavy atom. The van der Waals surface area contributed by atoms with Gasteiger partial charge < -0.3 is 18.7 Å². The number of nitrogens with zero attached hydrogens (tertiary/aromatic N) is 2. The van der Waals surface area contributed by atoms with Gasteiger partial charge in [-0.25, -0.2) is 4.39 Å². The predicted molar refractivity (Wildman–Crippen MR) is 112 cm³/mol. The Labute approximate surface area is 178 Å². The number of carbonyl (C=O) groups is 1. The molecule has 0 spiro atoms. The van der Waals surface area contributed by atoms with Crippen molar-refractivity contribution in [2.45, 2.75) is 25.7 Å². The van der Waals surface area contributed by atoms with Crippen molar-refractivity contribution in [1.82, 2.24) is 14.8 Å². The Hall–Kier alpha value is -3.58. The number of rotatable bonds is 6. The summed E-state index contributed by atoms with van der Waals surface area (Å²) >= 11 is 0. The van der Waals surface area contributed by atoms with Crippen molar-refractivity contribution in [3.8, 4) is 0 Å². The lowest BCUT2D eigenvalue weighted by Gasteiger charge is -2.36. The molecule has 0 bridgehead atoms. The van der Waals surface area contributed by atoms with Crippen molar-refractivity contribution < 1.29 is 18.0 Å². The summed E-state index contributed by atoms with van der Waals surface area (Å²) in [7, 11) is 0. The molecule has 158 valence electrons. The molecule has 5 rings (SSSR count). The highest BCUT2D eigenvalue weighted by molar-refractivity contribution is 5.91. The molecular weight excluding hydrogens is 397 g/mol. The van der Waals surface area contributed by atoms with Gasteiger partial charge in [0, 0.05) is 25.0 Å². The van der Waals surface area contributed by atoms with Gasteiger partial charge in [0.1, 0.15) is 17.3 Å². The fourth-order valence-corrected chi connectivity index (χ4v) is 4.08. The number of amides is 1. The number of hydrogen-bond donors (Lipinski definition) is 1. The Morgan fingerprint density at radius 2 is 1.90 bits per heavy atom. The molecule has 1 unspecified atom stereocenters. The van der Waals surface area contributed by atoms with Crippen molar-refractivity contribution in [3.63, 3.8) is 0 Å². The molecule has 1 aromatic carbocycles. The second kappa shape index (κ2) is 8.28. The molecule has 0 fully saturated rings. The minimum absolute atomic E-state index is 0.0225. The van der Waals surface area contributed by atoms with E-state index in [1.54, 1.807) is 24.5 Å². The third-order valence-electron chi connectivity index (χ3n) is 5.57. The summed E-state index contributed by atoms with van der Waals surface area (Å²) in [6, 6.07) is 17.8. The van der Waals surface area contributed by atoms with Crippen LogP contribution in [0.4, 0.5) is 4.39 Å². The van der Waals surface area contributed by atoms with E-state index in [0.29, 0.717) is 24.6 Å². The van der Waals surface area contributed by atoms with Crippen LogP contribution in [0.2, 0.25) is 0 Å². The van der Waals surface area contributed by atoms with Crippen LogP contribution in [-0.2, 0) is 19.6 Å². The Bertz CT molecular complexity index is 1160. The van der Waals surface area contributed by atoms with E-state index in [9.17, 15) is 9.18 Å². The lowest BCUT2D eigenvalue weighted by Crippen LogP contribution is -2.37. The second-order valence-corrected chi connectivity index (χ2v) is 7.58. The molecule has 4 aromatic rings. The summed E-state index contributed by atoms with van der Waals surface area (Å²) in [5, 5.41) is 2.79. The van der Waals surface area contributed by atoms with Crippen LogP contribution in [0, 0.1) is 5.82 Å². The van der Waals surface area contributed by atoms with E-state index in [4.69, 9.17) is 8.83 Å². The van der Waals surface area contributed by atoms with E-state index in [2.05, 4.69) is 27.0 Å². The summed E-state index contributed by atoms with van der Waals surface area (Å²) < 4.78 is 26.8. The molecule has 1 atom stereocenters. The highest BCUT2D eigenvalue weighted by atomic mass is 19.1. The Balaban J connectivity index is 1.33. The normalized spacial score (nSPS) is 16.2. The van der Waals surface area contributed by atoms with E-state index in [-0.39, 0.29) is 23.5 Å². The average Bonchev–Trinajstić information content (AvgIpc) is 3.54. The van der Waals surface area contributed by atoms with Gasteiger partial charge in [0.2, 0.25) is 0 Å². The van der Waals surface area contributed by atoms with E-state index in [0.717, 1.165) is 24.3 Å². The number of nitrogens with one attached hydrogen (secondary N) is 1. The highest BCUT2D eigenvalue weighted by Gasteiger charge is 2.29. The minimum Gasteiger partial charge on any atom is -0.467 e. The van der Waals surface area contributed by atoms with Crippen LogP contribution in [0.5, 0.6) is 0 Å². The summed E-state index contributed by atoms with van der Waals surface area (Å²) in [5.74, 6) is 1.11. The summed E-state index contributed by atoms with van der Waals surface area (Å²) in [6.07, 6.45) is 3.64. The van der Waals surface area contributed by atoms with Crippen molar-refractivity contribution in [1.29, 1.82) is 0 Å². The summed E-state index contributed by atoms with van der Waals surface area (Å²) in [6.45, 7) is 2.51. The van der Waals surface area contributed by atoms with Gasteiger partial charge in [-0.3, -0.25) is 9.69 Å². The summed E-state index contributed by atoms with van der Waals surface area (Å²) in [5.41, 5.74) is 2.17. The third-order valence-corrected chi connectivity index (χ3v) is 5.57. The van der Waals surface area contributed by atoms with Crippen LogP contribution in [0.25, 0.3) is 0 Å². The number of aromatic nitrogens is 1. The maximum atomic E-state index is 13.5. The number of carbonyl (C=O) groups excluding carboxylic acids is 1. The molecule has 0 aliphatic carbocycles. The van der Waals surface area contributed by atoms with Crippen molar-refractivity contribution >= 4 is 5.91 Å². The highest BCUT2D eigenvalue weighted by Crippen LogP contribution is 2.33. The number of fused-ring (bicyclic) bond motifs is 1. The first kappa shape index (κ1) is 19.4. The van der Waals surface area contributed by atoms with Gasteiger partial charge in [-0.1, -0.05) is 12.1 Å². The standard InChI is InChI=1S/C24H22FN3O3/c25-18-7-5-17(6-8-18)23-21-4-1-11-27(21)12-13-28(23)16-20-9-10-22(31-20)24(29)26-15-19-3-2-14-30-19/h1-11,14,23H,12-13,15-16H2,(H,26,29). The lowest BCUT2D eigenvalue weighted by molar-refractivity contribution is 0.0913. The third kappa shape index (κ3) is 4.04. The smallest absolute Gasteiger partial charge is 0.287 e. The van der Waals surface area contributed by atoms with Crippen LogP contribution in [0.1, 0.15) is 39.4 Å². The maximum Gasteiger partial charge on any atom is 0.287 e. The van der Waals surface area contributed by atoms with Gasteiger partial charge in [0.05, 0.1) is 25.4 Å². The maximum absolute atomic E-state index is 13.5. The quantitative estimate of drug-likeness (QED) is 0.505. The molecule has 6 nitrogen and oxygen atoms in total. The number of hydrogen-bond acceptors (Lipinski definition) is 4. The molecule has 0 saturated heterocycles. The summed E-state index contributed by atoms with van der Waals surface area (Å²) in [4.78, 5) is 14.7. The molecule has 1 aliphatic rings. The van der Waals surface area contributed by atoms with Crippen molar-refractivity contribution in [2.75, 3.05) is 6.54 Å². The largest absolute Gasteiger partial charge is 0.467 e. The minimum atomic E-state index is -0.287. The molecule has 0 saturated carbocycles. The molecule has 3 aromatic heterocycles. The van der Waals surface area contributed by atoms with Crippen LogP contribution in [0.15, 0.2) is 82.0 Å². The van der Waals surface area contributed by atoms with Crippen molar-refractivity contribution in [3.05, 3.63) is 107 Å². The number of furan rings is 2. The Morgan fingerprint density at radius 1 is 1.03 bits per heavy atom. The zero-order chi connectivity index (χ0) is 21.2. The van der Waals surface area contributed by atoms with Crippen molar-refractivity contribution in [2.24, 2.45) is 0 Å². The molecule has 1 amide bonds. The van der Waals surface area contributed by atoms with Gasteiger partial charge in [-0.15, -0.1) is 0 Å². The monoisotopic (exact) mass is 419 g/mol. The molecule has 7 heteroatoms. The lowest BCUT2D eigenvalue weighted by atomic mass is 9.99. The van der Waals surface area contributed by atoms with E-state index >= 15 is 0 Å². The molecule has 1 aliphatic heterocycles. The van der Waals surface area contributed by atoms with Crippen LogP contribution >= 0.6 is 0 Å². The number of halogens is 1. The van der Waals surface area contributed by atoms with Crippen LogP contribution in [0.3, 0.4) is 0 Å². The SMILES string of the molecule is O=C(NCc1ccco1)c1ccc(CN2CCn3cccc3C2c2ccc(F)cc2)o1. The van der Waals surface area contributed by atoms with Gasteiger partial charge in [0.15, 0.2) is 5.76 Å². The van der Waals surface area contributed by atoms with Gasteiger partial charge in [0.25, 0.3) is 5.91 Å². The molecule has 4 heterocycles. The fraction of sp³-hybridized carbons (Fsp3) is 0.208. The zero-order valence-corrected chi connectivity index (χ0v) is 16.8. The second-order valence-electron chi connectivity index (χ2n) is 7.58.